The van der Waals surface area contributed by atoms with Gasteiger partial charge in [0, 0.05) is 24.8 Å². The Labute approximate surface area is 118 Å². The zero-order chi connectivity index (χ0) is 11.2. The third-order valence-corrected chi connectivity index (χ3v) is 3.21. The van der Waals surface area contributed by atoms with Crippen molar-refractivity contribution in [2.45, 2.75) is 12.3 Å². The predicted octanol–water partition coefficient (Wildman–Crippen LogP) is 1.58. The standard InChI is InChI=1S/C12H13N3O.2ClH/c1-8-5-9-10(14-6-8)15-11(16)12(9)3-2-4-13-7-12;;/h2-3,5-6,13H,4,7H2,1H3,(H,14,15,16);2*1H/t12-;;/m1../s1. The molecule has 1 atom stereocenters. The second kappa shape index (κ2) is 5.26. The van der Waals surface area contributed by atoms with E-state index >= 15 is 0 Å². The Morgan fingerprint density at radius 1 is 1.39 bits per heavy atom. The molecule has 1 aromatic heterocycles. The van der Waals surface area contributed by atoms with Crippen LogP contribution in [0.5, 0.6) is 0 Å². The van der Waals surface area contributed by atoms with Crippen LogP contribution in [0.4, 0.5) is 5.82 Å². The second-order valence-corrected chi connectivity index (χ2v) is 4.37. The minimum atomic E-state index is -0.549. The van der Waals surface area contributed by atoms with E-state index in [1.165, 1.54) is 0 Å². The number of carbonyl (C=O) groups excluding carboxylic acids is 1. The van der Waals surface area contributed by atoms with Gasteiger partial charge in [-0.25, -0.2) is 4.98 Å². The molecule has 2 aliphatic rings. The Kier molecular flexibility index (Phi) is 4.37. The summed E-state index contributed by atoms with van der Waals surface area (Å²) >= 11 is 0. The number of rotatable bonds is 0. The molecule has 1 amide bonds. The highest BCUT2D eigenvalue weighted by Gasteiger charge is 2.46. The Morgan fingerprint density at radius 2 is 2.17 bits per heavy atom. The highest BCUT2D eigenvalue weighted by molar-refractivity contribution is 6.07. The van der Waals surface area contributed by atoms with Crippen LogP contribution in [0.1, 0.15) is 11.1 Å². The van der Waals surface area contributed by atoms with E-state index in [-0.39, 0.29) is 30.7 Å². The molecule has 18 heavy (non-hydrogen) atoms. The molecular formula is C12H15Cl2N3O. The molecule has 0 bridgehead atoms. The van der Waals surface area contributed by atoms with Gasteiger partial charge in [-0.3, -0.25) is 4.79 Å². The summed E-state index contributed by atoms with van der Waals surface area (Å²) in [6, 6.07) is 2.04. The normalized spacial score (nSPS) is 23.9. The van der Waals surface area contributed by atoms with Gasteiger partial charge in [0.25, 0.3) is 0 Å². The van der Waals surface area contributed by atoms with Crippen LogP contribution in [0, 0.1) is 6.92 Å². The highest BCUT2D eigenvalue weighted by Crippen LogP contribution is 2.38. The van der Waals surface area contributed by atoms with E-state index in [4.69, 9.17) is 0 Å². The molecule has 2 aliphatic heterocycles. The topological polar surface area (TPSA) is 54.0 Å². The zero-order valence-electron chi connectivity index (χ0n) is 9.90. The summed E-state index contributed by atoms with van der Waals surface area (Å²) in [7, 11) is 0. The first-order valence-electron chi connectivity index (χ1n) is 5.39. The van der Waals surface area contributed by atoms with Crippen LogP contribution in [-0.2, 0) is 10.2 Å². The Morgan fingerprint density at radius 3 is 2.83 bits per heavy atom. The highest BCUT2D eigenvalue weighted by atomic mass is 35.5. The fraction of sp³-hybridized carbons (Fsp3) is 0.333. The van der Waals surface area contributed by atoms with Gasteiger partial charge in [0.15, 0.2) is 0 Å². The third kappa shape index (κ3) is 2.00. The van der Waals surface area contributed by atoms with Crippen molar-refractivity contribution in [3.63, 3.8) is 0 Å². The molecule has 3 rings (SSSR count). The fourth-order valence-electron chi connectivity index (χ4n) is 2.36. The number of nitrogens with zero attached hydrogens (tertiary/aromatic N) is 1. The van der Waals surface area contributed by atoms with Crippen molar-refractivity contribution >= 4 is 36.5 Å². The second-order valence-electron chi connectivity index (χ2n) is 4.37. The number of aryl methyl sites for hydroxylation is 1. The summed E-state index contributed by atoms with van der Waals surface area (Å²) < 4.78 is 0. The lowest BCUT2D eigenvalue weighted by molar-refractivity contribution is -0.119. The molecule has 3 heterocycles. The van der Waals surface area contributed by atoms with Crippen molar-refractivity contribution < 1.29 is 4.79 Å². The van der Waals surface area contributed by atoms with Crippen LogP contribution < -0.4 is 10.6 Å². The molecule has 0 saturated heterocycles. The number of amides is 1. The number of aromatic nitrogens is 1. The molecule has 0 saturated carbocycles. The maximum absolute atomic E-state index is 12.1. The lowest BCUT2D eigenvalue weighted by Gasteiger charge is -2.27. The Hall–Kier alpha value is -1.10. The average molecular weight is 288 g/mol. The molecule has 0 radical (unpaired) electrons. The summed E-state index contributed by atoms with van der Waals surface area (Å²) in [5.41, 5.74) is 1.52. The number of fused-ring (bicyclic) bond motifs is 2. The Bertz CT molecular complexity index is 504. The van der Waals surface area contributed by atoms with E-state index in [2.05, 4.69) is 15.6 Å². The molecule has 2 N–H and O–H groups in total. The van der Waals surface area contributed by atoms with E-state index < -0.39 is 5.41 Å². The molecule has 98 valence electrons. The maximum atomic E-state index is 12.1. The van der Waals surface area contributed by atoms with Gasteiger partial charge in [0.05, 0.1) is 0 Å². The van der Waals surface area contributed by atoms with Gasteiger partial charge < -0.3 is 10.6 Å². The number of nitrogens with one attached hydrogen (secondary N) is 2. The lowest BCUT2D eigenvalue weighted by atomic mass is 9.80. The van der Waals surface area contributed by atoms with Gasteiger partial charge in [-0.15, -0.1) is 24.8 Å². The molecule has 0 fully saturated rings. The molecule has 0 aliphatic carbocycles. The first-order chi connectivity index (χ1) is 7.72. The summed E-state index contributed by atoms with van der Waals surface area (Å²) in [5.74, 6) is 0.716. The first kappa shape index (κ1) is 15.0. The van der Waals surface area contributed by atoms with Gasteiger partial charge in [0.2, 0.25) is 5.91 Å². The number of halogens is 2. The van der Waals surface area contributed by atoms with E-state index in [0.717, 1.165) is 17.7 Å². The summed E-state index contributed by atoms with van der Waals surface area (Å²) in [6.45, 7) is 3.46. The summed E-state index contributed by atoms with van der Waals surface area (Å²) in [5, 5.41) is 6.08. The van der Waals surface area contributed by atoms with Gasteiger partial charge >= 0.3 is 0 Å². The van der Waals surface area contributed by atoms with Crippen LogP contribution >= 0.6 is 24.8 Å². The van der Waals surface area contributed by atoms with Crippen LogP contribution in [0.25, 0.3) is 0 Å². The van der Waals surface area contributed by atoms with Crippen molar-refractivity contribution in [1.29, 1.82) is 0 Å². The third-order valence-electron chi connectivity index (χ3n) is 3.21. The molecule has 1 spiro atoms. The first-order valence-corrected chi connectivity index (χ1v) is 5.39. The SMILES string of the molecule is Cc1cnc2c(c1)[C@]1(C=CCNC1)C(=O)N2.Cl.Cl. The summed E-state index contributed by atoms with van der Waals surface area (Å²) in [6.07, 6.45) is 5.77. The Balaban J connectivity index is 0.000000810. The molecule has 1 aromatic rings. The van der Waals surface area contributed by atoms with Crippen molar-refractivity contribution in [3.8, 4) is 0 Å². The van der Waals surface area contributed by atoms with Gasteiger partial charge in [-0.1, -0.05) is 12.2 Å². The number of hydrogen-bond acceptors (Lipinski definition) is 3. The molecule has 0 unspecified atom stereocenters. The molecule has 6 heteroatoms. The van der Waals surface area contributed by atoms with Crippen molar-refractivity contribution in [1.82, 2.24) is 10.3 Å². The van der Waals surface area contributed by atoms with Crippen LogP contribution in [0.3, 0.4) is 0 Å². The van der Waals surface area contributed by atoms with E-state index in [1.54, 1.807) is 6.20 Å². The predicted molar refractivity (Wildman–Crippen MR) is 75.8 cm³/mol. The van der Waals surface area contributed by atoms with Crippen molar-refractivity contribution in [3.05, 3.63) is 35.5 Å². The summed E-state index contributed by atoms with van der Waals surface area (Å²) in [4.78, 5) is 16.3. The molecule has 0 aromatic carbocycles. The number of carbonyl (C=O) groups is 1. The maximum Gasteiger partial charge on any atom is 0.241 e. The molecular weight excluding hydrogens is 273 g/mol. The smallest absolute Gasteiger partial charge is 0.241 e. The van der Waals surface area contributed by atoms with Crippen molar-refractivity contribution in [2.75, 3.05) is 18.4 Å². The van der Waals surface area contributed by atoms with Crippen LogP contribution in [0.2, 0.25) is 0 Å². The van der Waals surface area contributed by atoms with E-state index in [9.17, 15) is 4.79 Å². The largest absolute Gasteiger partial charge is 0.312 e. The van der Waals surface area contributed by atoms with E-state index in [0.29, 0.717) is 12.4 Å². The van der Waals surface area contributed by atoms with Crippen LogP contribution in [-0.4, -0.2) is 24.0 Å². The molecule has 4 nitrogen and oxygen atoms in total. The van der Waals surface area contributed by atoms with Gasteiger partial charge in [-0.05, 0) is 18.6 Å². The number of hydrogen-bond donors (Lipinski definition) is 2. The van der Waals surface area contributed by atoms with Gasteiger partial charge in [0.1, 0.15) is 11.2 Å². The fourth-order valence-corrected chi connectivity index (χ4v) is 2.36. The minimum Gasteiger partial charge on any atom is -0.312 e. The zero-order valence-corrected chi connectivity index (χ0v) is 11.5. The van der Waals surface area contributed by atoms with Gasteiger partial charge in [-0.2, -0.15) is 0 Å². The quantitative estimate of drug-likeness (QED) is 0.713. The van der Waals surface area contributed by atoms with Crippen molar-refractivity contribution in [2.24, 2.45) is 0 Å². The number of pyridine rings is 1. The monoisotopic (exact) mass is 287 g/mol. The lowest BCUT2D eigenvalue weighted by Crippen LogP contribution is -2.45. The van der Waals surface area contributed by atoms with Crippen LogP contribution in [0.15, 0.2) is 24.4 Å². The number of anilines is 1. The minimum absolute atomic E-state index is 0. The average Bonchev–Trinajstić information content (AvgIpc) is 2.55. The van der Waals surface area contributed by atoms with E-state index in [1.807, 2.05) is 25.1 Å².